The van der Waals surface area contributed by atoms with Gasteiger partial charge in [-0.25, -0.2) is 4.99 Å². The highest BCUT2D eigenvalue weighted by Gasteiger charge is 2.61. The lowest BCUT2D eigenvalue weighted by Gasteiger charge is -2.58. The average Bonchev–Trinajstić information content (AvgIpc) is 3.01. The number of nitrogens with zero attached hydrogens (tertiary/aromatic N) is 2. The molecule has 1 aromatic carbocycles. The minimum Gasteiger partial charge on any atom is -0.477 e. The van der Waals surface area contributed by atoms with E-state index in [0.29, 0.717) is 18.4 Å². The molecular weight excluding hydrogens is 357 g/mol. The number of aliphatic imine (C=N–C) groups is 1. The molecule has 0 unspecified atom stereocenters. The Hall–Kier alpha value is -1.60. The molecule has 150 valence electrons. The molecule has 0 N–H and O–H groups in total. The fourth-order valence-electron chi connectivity index (χ4n) is 3.47. The second kappa shape index (κ2) is 6.48. The first-order valence-electron chi connectivity index (χ1n) is 9.21. The molecule has 7 heteroatoms. The van der Waals surface area contributed by atoms with E-state index in [-0.39, 0.29) is 17.6 Å². The molecule has 2 aliphatic heterocycles. The molecule has 0 bridgehead atoms. The molecule has 0 amide bonds. The summed E-state index contributed by atoms with van der Waals surface area (Å²) < 4.78 is 44.6. The number of rotatable bonds is 3. The summed E-state index contributed by atoms with van der Waals surface area (Å²) in [5.74, 6) is 0.862. The summed E-state index contributed by atoms with van der Waals surface area (Å²) in [7, 11) is 0. The van der Waals surface area contributed by atoms with Crippen LogP contribution in [0.1, 0.15) is 58.7 Å². The zero-order chi connectivity index (χ0) is 20.2. The number of benzene rings is 1. The van der Waals surface area contributed by atoms with E-state index in [0.717, 1.165) is 17.7 Å². The molecule has 0 radical (unpaired) electrons. The van der Waals surface area contributed by atoms with Crippen molar-refractivity contribution in [1.82, 2.24) is 5.06 Å². The highest BCUT2D eigenvalue weighted by atomic mass is 19.4. The van der Waals surface area contributed by atoms with Crippen LogP contribution in [-0.2, 0) is 15.8 Å². The van der Waals surface area contributed by atoms with Gasteiger partial charge in [0.1, 0.15) is 12.6 Å². The highest BCUT2D eigenvalue weighted by molar-refractivity contribution is 5.88. The van der Waals surface area contributed by atoms with E-state index in [2.05, 4.69) is 13.8 Å². The third kappa shape index (κ3) is 3.59. The van der Waals surface area contributed by atoms with Gasteiger partial charge in [-0.2, -0.15) is 18.2 Å². The van der Waals surface area contributed by atoms with Crippen molar-refractivity contribution >= 4 is 5.90 Å². The van der Waals surface area contributed by atoms with Gasteiger partial charge < -0.3 is 4.74 Å². The standard InChI is InChI=1S/C20H27F3N2O2/c1-12(2)15-11-26-17(24-15)19(6)16(25(27-19)18(3,4)5)13-7-9-14(10-8-13)20(21,22)23/h7-10,12,15-16H,11H2,1-6H3/t15-,16+,19-/m0/s1. The van der Waals surface area contributed by atoms with Crippen LogP contribution >= 0.6 is 0 Å². The molecule has 3 atom stereocenters. The molecule has 3 rings (SSSR count). The zero-order valence-electron chi connectivity index (χ0n) is 16.6. The van der Waals surface area contributed by atoms with E-state index in [1.807, 2.05) is 32.8 Å². The summed E-state index contributed by atoms with van der Waals surface area (Å²) in [5.41, 5.74) is -1.09. The van der Waals surface area contributed by atoms with Gasteiger partial charge >= 0.3 is 6.18 Å². The molecule has 4 nitrogen and oxygen atoms in total. The molecule has 0 saturated carbocycles. The number of hydrogen-bond acceptors (Lipinski definition) is 4. The van der Waals surface area contributed by atoms with Crippen LogP contribution in [0.3, 0.4) is 0 Å². The molecule has 1 fully saturated rings. The highest BCUT2D eigenvalue weighted by Crippen LogP contribution is 2.51. The van der Waals surface area contributed by atoms with Crippen LogP contribution in [0.4, 0.5) is 13.2 Å². The number of ether oxygens (including phenoxy) is 1. The van der Waals surface area contributed by atoms with Crippen molar-refractivity contribution in [2.75, 3.05) is 6.61 Å². The third-order valence-electron chi connectivity index (χ3n) is 5.13. The van der Waals surface area contributed by atoms with Gasteiger partial charge in [0, 0.05) is 5.54 Å². The monoisotopic (exact) mass is 384 g/mol. The molecule has 0 aliphatic carbocycles. The predicted molar refractivity (Wildman–Crippen MR) is 97.3 cm³/mol. The number of hydroxylamine groups is 2. The van der Waals surface area contributed by atoms with Crippen molar-refractivity contribution in [1.29, 1.82) is 0 Å². The summed E-state index contributed by atoms with van der Waals surface area (Å²) >= 11 is 0. The fourth-order valence-corrected chi connectivity index (χ4v) is 3.47. The molecule has 2 aliphatic rings. The number of hydrogen-bond donors (Lipinski definition) is 0. The maximum absolute atomic E-state index is 12.9. The van der Waals surface area contributed by atoms with Gasteiger partial charge in [-0.05, 0) is 51.3 Å². The molecule has 1 aromatic rings. The lowest BCUT2D eigenvalue weighted by Crippen LogP contribution is -2.68. The Kier molecular flexibility index (Phi) is 4.84. The summed E-state index contributed by atoms with van der Waals surface area (Å²) in [6.45, 7) is 12.5. The van der Waals surface area contributed by atoms with Crippen LogP contribution in [0.5, 0.6) is 0 Å². The van der Waals surface area contributed by atoms with E-state index in [1.54, 1.807) is 0 Å². The smallest absolute Gasteiger partial charge is 0.416 e. The first kappa shape index (κ1) is 20.1. The second-order valence-electron chi connectivity index (χ2n) is 8.77. The van der Waals surface area contributed by atoms with E-state index in [1.165, 1.54) is 12.1 Å². The molecule has 0 spiro atoms. The Balaban J connectivity index is 1.96. The van der Waals surface area contributed by atoms with Crippen molar-refractivity contribution in [3.05, 3.63) is 35.4 Å². The van der Waals surface area contributed by atoms with Gasteiger partial charge in [0.15, 0.2) is 5.60 Å². The topological polar surface area (TPSA) is 34.1 Å². The van der Waals surface area contributed by atoms with Gasteiger partial charge in [-0.3, -0.25) is 4.84 Å². The average molecular weight is 384 g/mol. The second-order valence-corrected chi connectivity index (χ2v) is 8.77. The molecule has 27 heavy (non-hydrogen) atoms. The van der Waals surface area contributed by atoms with E-state index in [4.69, 9.17) is 14.6 Å². The summed E-state index contributed by atoms with van der Waals surface area (Å²) in [4.78, 5) is 10.8. The third-order valence-corrected chi connectivity index (χ3v) is 5.13. The minimum absolute atomic E-state index is 0.0670. The first-order chi connectivity index (χ1) is 12.3. The van der Waals surface area contributed by atoms with Crippen LogP contribution in [0.25, 0.3) is 0 Å². The van der Waals surface area contributed by atoms with Gasteiger partial charge in [0.05, 0.1) is 11.6 Å². The SMILES string of the molecule is CC(C)[C@@H]1COC([C@@]2(C)ON(C(C)(C)C)[C@@H]2c2ccc(C(F)(F)F)cc2)=N1. The zero-order valence-corrected chi connectivity index (χ0v) is 16.6. The normalized spacial score (nSPS) is 29.5. The van der Waals surface area contributed by atoms with Crippen molar-refractivity contribution in [3.8, 4) is 0 Å². The quantitative estimate of drug-likeness (QED) is 0.735. The molecule has 2 heterocycles. The van der Waals surface area contributed by atoms with Crippen molar-refractivity contribution in [2.24, 2.45) is 10.9 Å². The Bertz CT molecular complexity index is 722. The molecule has 1 saturated heterocycles. The van der Waals surface area contributed by atoms with Crippen LogP contribution < -0.4 is 0 Å². The van der Waals surface area contributed by atoms with Gasteiger partial charge in [0.25, 0.3) is 0 Å². The van der Waals surface area contributed by atoms with Gasteiger partial charge in [0.2, 0.25) is 5.90 Å². The summed E-state index contributed by atoms with van der Waals surface area (Å²) in [5, 5.41) is 1.81. The van der Waals surface area contributed by atoms with Crippen molar-refractivity contribution in [3.63, 3.8) is 0 Å². The number of alkyl halides is 3. The maximum Gasteiger partial charge on any atom is 0.416 e. The Morgan fingerprint density at radius 1 is 1.15 bits per heavy atom. The Morgan fingerprint density at radius 2 is 1.74 bits per heavy atom. The lowest BCUT2D eigenvalue weighted by molar-refractivity contribution is -0.399. The summed E-state index contributed by atoms with van der Waals surface area (Å²) in [6, 6.07) is 5.04. The lowest BCUT2D eigenvalue weighted by atomic mass is 9.83. The van der Waals surface area contributed by atoms with Crippen LogP contribution in [0.15, 0.2) is 29.3 Å². The van der Waals surface area contributed by atoms with E-state index < -0.39 is 17.3 Å². The first-order valence-corrected chi connectivity index (χ1v) is 9.21. The fraction of sp³-hybridized carbons (Fsp3) is 0.650. The minimum atomic E-state index is -4.36. The Morgan fingerprint density at radius 3 is 2.19 bits per heavy atom. The summed E-state index contributed by atoms with van der Waals surface area (Å²) in [6.07, 6.45) is -4.36. The maximum atomic E-state index is 12.9. The van der Waals surface area contributed by atoms with E-state index >= 15 is 0 Å². The van der Waals surface area contributed by atoms with Crippen LogP contribution in [-0.4, -0.2) is 34.7 Å². The van der Waals surface area contributed by atoms with Gasteiger partial charge in [-0.1, -0.05) is 26.0 Å². The Labute approximate surface area is 158 Å². The van der Waals surface area contributed by atoms with Crippen molar-refractivity contribution in [2.45, 2.75) is 70.9 Å². The van der Waals surface area contributed by atoms with E-state index in [9.17, 15) is 13.2 Å². The predicted octanol–water partition coefficient (Wildman–Crippen LogP) is 5.00. The van der Waals surface area contributed by atoms with Crippen LogP contribution in [0.2, 0.25) is 0 Å². The molecular formula is C20H27F3N2O2. The largest absolute Gasteiger partial charge is 0.477 e. The number of halogens is 3. The van der Waals surface area contributed by atoms with Crippen molar-refractivity contribution < 1.29 is 22.7 Å². The van der Waals surface area contributed by atoms with Crippen LogP contribution in [0, 0.1) is 5.92 Å². The molecule has 0 aromatic heterocycles. The van der Waals surface area contributed by atoms with Gasteiger partial charge in [-0.15, -0.1) is 0 Å².